The standard InChI is InChI=1S/C31H42N2O2S/c34-31(35)30(20-25-8-7-9-25)33-22-27(29(23-33)26-10-3-1-4-11-26)21-32-17-14-24(15-18-32)16-19-36-28-12-5-2-6-13-28/h1-6,10-13,24-25,27,29-30H,7-9,14-23H2,(H,34,35)/t27-,29+,30+/m0/s1. The molecule has 3 aliphatic rings. The fourth-order valence-corrected chi connectivity index (χ4v) is 7.56. The van der Waals surface area contributed by atoms with Crippen molar-refractivity contribution in [1.29, 1.82) is 0 Å². The van der Waals surface area contributed by atoms with Gasteiger partial charge in [-0.25, -0.2) is 0 Å². The van der Waals surface area contributed by atoms with Gasteiger partial charge in [-0.1, -0.05) is 67.8 Å². The third-order valence-electron chi connectivity index (χ3n) is 8.94. The average Bonchev–Trinajstić information content (AvgIpc) is 3.28. The van der Waals surface area contributed by atoms with Crippen LogP contribution >= 0.6 is 11.8 Å². The Morgan fingerprint density at radius 1 is 0.917 bits per heavy atom. The molecule has 3 fully saturated rings. The highest BCUT2D eigenvalue weighted by Crippen LogP contribution is 2.38. The quantitative estimate of drug-likeness (QED) is 0.366. The molecule has 0 spiro atoms. The van der Waals surface area contributed by atoms with E-state index in [0.717, 1.165) is 32.0 Å². The second kappa shape index (κ2) is 12.6. The summed E-state index contributed by atoms with van der Waals surface area (Å²) in [5.74, 6) is 2.96. The van der Waals surface area contributed by atoms with Gasteiger partial charge in [0, 0.05) is 30.4 Å². The van der Waals surface area contributed by atoms with Gasteiger partial charge in [0.05, 0.1) is 0 Å². The second-order valence-corrected chi connectivity index (χ2v) is 12.5. The van der Waals surface area contributed by atoms with Crippen molar-refractivity contribution >= 4 is 17.7 Å². The Balaban J connectivity index is 1.15. The zero-order valence-electron chi connectivity index (χ0n) is 21.5. The van der Waals surface area contributed by atoms with E-state index in [1.54, 1.807) is 0 Å². The number of piperidine rings is 1. The molecule has 2 heterocycles. The Labute approximate surface area is 221 Å². The molecule has 0 amide bonds. The van der Waals surface area contributed by atoms with Gasteiger partial charge in [0.1, 0.15) is 6.04 Å². The highest BCUT2D eigenvalue weighted by atomic mass is 32.2. The van der Waals surface area contributed by atoms with Crippen LogP contribution in [0.3, 0.4) is 0 Å². The number of carboxylic acids is 1. The summed E-state index contributed by atoms with van der Waals surface area (Å²) < 4.78 is 0. The number of hydrogen-bond acceptors (Lipinski definition) is 4. The molecular formula is C31H42N2O2S. The fourth-order valence-electron chi connectivity index (χ4n) is 6.52. The lowest BCUT2D eigenvalue weighted by molar-refractivity contribution is -0.144. The number of aliphatic carboxylic acids is 1. The molecule has 0 unspecified atom stereocenters. The van der Waals surface area contributed by atoms with E-state index in [9.17, 15) is 9.90 Å². The summed E-state index contributed by atoms with van der Waals surface area (Å²) in [6.45, 7) is 5.26. The topological polar surface area (TPSA) is 43.8 Å². The normalized spacial score (nSPS) is 25.0. The minimum absolute atomic E-state index is 0.320. The fraction of sp³-hybridized carbons (Fsp3) is 0.581. The molecule has 4 nitrogen and oxygen atoms in total. The number of thioether (sulfide) groups is 1. The summed E-state index contributed by atoms with van der Waals surface area (Å²) in [7, 11) is 0. The van der Waals surface area contributed by atoms with Crippen LogP contribution in [0.1, 0.15) is 56.4 Å². The lowest BCUT2D eigenvalue weighted by atomic mass is 9.80. The van der Waals surface area contributed by atoms with E-state index in [-0.39, 0.29) is 6.04 Å². The van der Waals surface area contributed by atoms with E-state index in [1.807, 2.05) is 11.8 Å². The van der Waals surface area contributed by atoms with Crippen LogP contribution in [0.25, 0.3) is 0 Å². The number of likely N-dealkylation sites (tertiary alicyclic amines) is 2. The van der Waals surface area contributed by atoms with Crippen LogP contribution in [0.2, 0.25) is 0 Å². The van der Waals surface area contributed by atoms with Gasteiger partial charge in [0.15, 0.2) is 0 Å². The first-order valence-corrected chi connectivity index (χ1v) is 15.1. The largest absolute Gasteiger partial charge is 0.480 e. The van der Waals surface area contributed by atoms with Crippen molar-refractivity contribution < 1.29 is 9.90 Å². The lowest BCUT2D eigenvalue weighted by Gasteiger charge is -2.35. The summed E-state index contributed by atoms with van der Waals surface area (Å²) in [6.07, 6.45) is 8.41. The van der Waals surface area contributed by atoms with Gasteiger partial charge >= 0.3 is 5.97 Å². The summed E-state index contributed by atoms with van der Waals surface area (Å²) in [6, 6.07) is 21.3. The van der Waals surface area contributed by atoms with Crippen LogP contribution in [0, 0.1) is 17.8 Å². The highest BCUT2D eigenvalue weighted by molar-refractivity contribution is 7.99. The number of carbonyl (C=O) groups is 1. The number of carboxylic acid groups (broad SMARTS) is 1. The molecule has 36 heavy (non-hydrogen) atoms. The molecule has 2 aromatic carbocycles. The van der Waals surface area contributed by atoms with Gasteiger partial charge < -0.3 is 10.0 Å². The van der Waals surface area contributed by atoms with Crippen molar-refractivity contribution in [3.05, 3.63) is 66.2 Å². The number of benzene rings is 2. The van der Waals surface area contributed by atoms with Crippen molar-refractivity contribution in [2.24, 2.45) is 17.8 Å². The van der Waals surface area contributed by atoms with Crippen LogP contribution in [0.15, 0.2) is 65.6 Å². The van der Waals surface area contributed by atoms with Crippen LogP contribution in [0.4, 0.5) is 0 Å². The van der Waals surface area contributed by atoms with Crippen molar-refractivity contribution in [3.63, 3.8) is 0 Å². The molecule has 1 saturated carbocycles. The van der Waals surface area contributed by atoms with Gasteiger partial charge in [-0.2, -0.15) is 0 Å². The Morgan fingerprint density at radius 3 is 2.25 bits per heavy atom. The van der Waals surface area contributed by atoms with Crippen molar-refractivity contribution in [3.8, 4) is 0 Å². The Morgan fingerprint density at radius 2 is 1.61 bits per heavy atom. The molecule has 3 atom stereocenters. The molecule has 0 bridgehead atoms. The molecule has 194 valence electrons. The van der Waals surface area contributed by atoms with E-state index in [1.165, 1.54) is 67.8 Å². The molecule has 2 aliphatic heterocycles. The van der Waals surface area contributed by atoms with Crippen LogP contribution < -0.4 is 0 Å². The Hall–Kier alpha value is -1.82. The molecule has 1 N–H and O–H groups in total. The van der Waals surface area contributed by atoms with E-state index in [0.29, 0.717) is 17.8 Å². The SMILES string of the molecule is O=C(O)[C@@H](CC1CCC1)N1C[C@H](CN2CCC(CCSc3ccccc3)CC2)[C@@H](c2ccccc2)C1. The van der Waals surface area contributed by atoms with Crippen molar-refractivity contribution in [2.75, 3.05) is 38.5 Å². The molecule has 0 aromatic heterocycles. The summed E-state index contributed by atoms with van der Waals surface area (Å²) in [4.78, 5) is 18.6. The molecular weight excluding hydrogens is 464 g/mol. The van der Waals surface area contributed by atoms with Gasteiger partial charge in [-0.3, -0.25) is 9.69 Å². The van der Waals surface area contributed by atoms with E-state index < -0.39 is 5.97 Å². The molecule has 2 saturated heterocycles. The van der Waals surface area contributed by atoms with Crippen LogP contribution in [-0.2, 0) is 4.79 Å². The summed E-state index contributed by atoms with van der Waals surface area (Å²) in [5.41, 5.74) is 1.38. The third kappa shape index (κ3) is 6.73. The molecule has 5 heteroatoms. The van der Waals surface area contributed by atoms with Gasteiger partial charge in [0.25, 0.3) is 0 Å². The summed E-state index contributed by atoms with van der Waals surface area (Å²) in [5, 5.41) is 10.1. The smallest absolute Gasteiger partial charge is 0.320 e. The minimum atomic E-state index is -0.622. The molecule has 5 rings (SSSR count). The summed E-state index contributed by atoms with van der Waals surface area (Å²) >= 11 is 1.99. The minimum Gasteiger partial charge on any atom is -0.480 e. The van der Waals surface area contributed by atoms with Gasteiger partial charge in [0.2, 0.25) is 0 Å². The van der Waals surface area contributed by atoms with E-state index >= 15 is 0 Å². The van der Waals surface area contributed by atoms with Gasteiger partial charge in [-0.15, -0.1) is 11.8 Å². The van der Waals surface area contributed by atoms with E-state index in [2.05, 4.69) is 70.5 Å². The zero-order valence-corrected chi connectivity index (χ0v) is 22.3. The Kier molecular flexibility index (Phi) is 9.05. The third-order valence-corrected chi connectivity index (χ3v) is 9.99. The first kappa shape index (κ1) is 25.8. The number of nitrogens with zero attached hydrogens (tertiary/aromatic N) is 2. The number of hydrogen-bond donors (Lipinski definition) is 1. The first-order chi connectivity index (χ1) is 17.7. The van der Waals surface area contributed by atoms with Gasteiger partial charge in [-0.05, 0) is 80.0 Å². The predicted octanol–water partition coefficient (Wildman–Crippen LogP) is 6.24. The maximum atomic E-state index is 12.3. The maximum Gasteiger partial charge on any atom is 0.320 e. The van der Waals surface area contributed by atoms with Crippen LogP contribution in [-0.4, -0.2) is 65.4 Å². The lowest BCUT2D eigenvalue weighted by Crippen LogP contribution is -2.43. The highest BCUT2D eigenvalue weighted by Gasteiger charge is 2.41. The number of rotatable bonds is 11. The second-order valence-electron chi connectivity index (χ2n) is 11.3. The molecule has 1 aliphatic carbocycles. The predicted molar refractivity (Wildman–Crippen MR) is 149 cm³/mol. The van der Waals surface area contributed by atoms with Crippen molar-refractivity contribution in [2.45, 2.75) is 61.8 Å². The first-order valence-electron chi connectivity index (χ1n) is 14.1. The molecule has 0 radical (unpaired) electrons. The van der Waals surface area contributed by atoms with Crippen molar-refractivity contribution in [1.82, 2.24) is 9.80 Å². The monoisotopic (exact) mass is 506 g/mol. The van der Waals surface area contributed by atoms with Crippen LogP contribution in [0.5, 0.6) is 0 Å². The maximum absolute atomic E-state index is 12.3. The average molecular weight is 507 g/mol. The Bertz CT molecular complexity index is 944. The zero-order chi connectivity index (χ0) is 24.7. The molecule has 2 aromatic rings. The van der Waals surface area contributed by atoms with E-state index in [4.69, 9.17) is 0 Å².